The van der Waals surface area contributed by atoms with Gasteiger partial charge in [-0.3, -0.25) is 0 Å². The van der Waals surface area contributed by atoms with Gasteiger partial charge in [-0.05, 0) is 68.6 Å². The summed E-state index contributed by atoms with van der Waals surface area (Å²) in [5, 5.41) is 3.70. The van der Waals surface area contributed by atoms with Crippen LogP contribution >= 0.6 is 27.3 Å². The number of benzene rings is 1. The lowest BCUT2D eigenvalue weighted by molar-refractivity contribution is 0.603. The minimum Gasteiger partial charge on any atom is -0.306 e. The molecule has 0 spiro atoms. The van der Waals surface area contributed by atoms with Gasteiger partial charge in [0.2, 0.25) is 0 Å². The fourth-order valence-electron chi connectivity index (χ4n) is 2.53. The van der Waals surface area contributed by atoms with Crippen LogP contribution < -0.4 is 5.32 Å². The SMILES string of the molecule is CCCNC(c1cc(C)cc(Br)c1)c1sc(C)cc1C. The third-order valence-electron chi connectivity index (χ3n) is 3.34. The summed E-state index contributed by atoms with van der Waals surface area (Å²) in [6.45, 7) is 9.79. The zero-order valence-corrected chi connectivity index (χ0v) is 15.0. The second-order valence-electron chi connectivity index (χ2n) is 5.35. The summed E-state index contributed by atoms with van der Waals surface area (Å²) >= 11 is 5.52. The average Bonchev–Trinajstić information content (AvgIpc) is 2.68. The molecule has 1 aromatic heterocycles. The van der Waals surface area contributed by atoms with Crippen LogP contribution in [-0.2, 0) is 0 Å². The second kappa shape index (κ2) is 6.88. The molecule has 2 rings (SSSR count). The highest BCUT2D eigenvalue weighted by atomic mass is 79.9. The largest absolute Gasteiger partial charge is 0.306 e. The molecule has 0 aliphatic heterocycles. The fourth-order valence-corrected chi connectivity index (χ4v) is 4.29. The normalized spacial score (nSPS) is 12.7. The lowest BCUT2D eigenvalue weighted by Gasteiger charge is -2.20. The van der Waals surface area contributed by atoms with Crippen LogP contribution in [0.25, 0.3) is 0 Å². The Balaban J connectivity index is 2.43. The highest BCUT2D eigenvalue weighted by molar-refractivity contribution is 9.10. The molecular formula is C17H22BrNS. The summed E-state index contributed by atoms with van der Waals surface area (Å²) in [4.78, 5) is 2.82. The maximum atomic E-state index is 3.70. The molecule has 0 amide bonds. The average molecular weight is 352 g/mol. The highest BCUT2D eigenvalue weighted by Gasteiger charge is 2.18. The van der Waals surface area contributed by atoms with Gasteiger partial charge in [-0.1, -0.05) is 28.9 Å². The Bertz CT molecular complexity index is 568. The topological polar surface area (TPSA) is 12.0 Å². The summed E-state index contributed by atoms with van der Waals surface area (Å²) in [7, 11) is 0. The molecule has 1 unspecified atom stereocenters. The second-order valence-corrected chi connectivity index (χ2v) is 7.56. The number of halogens is 1. The molecule has 0 fully saturated rings. The standard InChI is InChI=1S/C17H22BrNS/c1-5-6-19-16(17-12(3)9-13(4)20-17)14-7-11(2)8-15(18)10-14/h7-10,16,19H,5-6H2,1-4H3. The molecule has 0 bridgehead atoms. The Labute approximate surface area is 134 Å². The van der Waals surface area contributed by atoms with E-state index in [4.69, 9.17) is 0 Å². The van der Waals surface area contributed by atoms with Crippen LogP contribution in [0, 0.1) is 20.8 Å². The quantitative estimate of drug-likeness (QED) is 0.747. The van der Waals surface area contributed by atoms with Crippen LogP contribution in [0.5, 0.6) is 0 Å². The van der Waals surface area contributed by atoms with E-state index in [1.807, 2.05) is 11.3 Å². The molecule has 1 nitrogen and oxygen atoms in total. The zero-order valence-electron chi connectivity index (χ0n) is 12.6. The first-order valence-corrected chi connectivity index (χ1v) is 8.69. The van der Waals surface area contributed by atoms with Crippen molar-refractivity contribution in [3.8, 4) is 0 Å². The van der Waals surface area contributed by atoms with E-state index >= 15 is 0 Å². The van der Waals surface area contributed by atoms with Gasteiger partial charge in [0.1, 0.15) is 0 Å². The Kier molecular flexibility index (Phi) is 5.42. The van der Waals surface area contributed by atoms with Gasteiger partial charge in [-0.25, -0.2) is 0 Å². The Morgan fingerprint density at radius 1 is 1.15 bits per heavy atom. The lowest BCUT2D eigenvalue weighted by atomic mass is 10.0. The molecule has 1 aromatic carbocycles. The molecule has 1 N–H and O–H groups in total. The molecule has 0 aliphatic rings. The molecule has 2 aromatic rings. The maximum Gasteiger partial charge on any atom is 0.0674 e. The van der Waals surface area contributed by atoms with Gasteiger partial charge >= 0.3 is 0 Å². The van der Waals surface area contributed by atoms with E-state index in [9.17, 15) is 0 Å². The predicted molar refractivity (Wildman–Crippen MR) is 92.8 cm³/mol. The van der Waals surface area contributed by atoms with E-state index in [1.54, 1.807) is 0 Å². The van der Waals surface area contributed by atoms with Gasteiger partial charge in [0, 0.05) is 14.2 Å². The van der Waals surface area contributed by atoms with Crippen molar-refractivity contribution in [3.05, 3.63) is 55.2 Å². The van der Waals surface area contributed by atoms with Crippen LogP contribution in [0.2, 0.25) is 0 Å². The Morgan fingerprint density at radius 2 is 1.90 bits per heavy atom. The van der Waals surface area contributed by atoms with Crippen LogP contribution in [0.4, 0.5) is 0 Å². The molecular weight excluding hydrogens is 330 g/mol. The summed E-state index contributed by atoms with van der Waals surface area (Å²) in [6, 6.07) is 9.25. The van der Waals surface area contributed by atoms with Gasteiger partial charge in [-0.2, -0.15) is 0 Å². The van der Waals surface area contributed by atoms with Crippen LogP contribution in [0.15, 0.2) is 28.7 Å². The van der Waals surface area contributed by atoms with Crippen LogP contribution in [0.1, 0.15) is 45.8 Å². The number of hydrogen-bond acceptors (Lipinski definition) is 2. The molecule has 3 heteroatoms. The number of thiophene rings is 1. The van der Waals surface area contributed by atoms with Gasteiger partial charge in [0.15, 0.2) is 0 Å². The monoisotopic (exact) mass is 351 g/mol. The number of hydrogen-bond donors (Lipinski definition) is 1. The van der Waals surface area contributed by atoms with E-state index in [1.165, 1.54) is 26.4 Å². The van der Waals surface area contributed by atoms with Crippen molar-refractivity contribution in [2.75, 3.05) is 6.54 Å². The molecule has 1 atom stereocenters. The van der Waals surface area contributed by atoms with Gasteiger partial charge < -0.3 is 5.32 Å². The van der Waals surface area contributed by atoms with Crippen LogP contribution in [-0.4, -0.2) is 6.54 Å². The minimum atomic E-state index is 0.296. The first kappa shape index (κ1) is 15.7. The summed E-state index contributed by atoms with van der Waals surface area (Å²) in [6.07, 6.45) is 1.15. The maximum absolute atomic E-state index is 3.70. The van der Waals surface area contributed by atoms with E-state index in [0.29, 0.717) is 6.04 Å². The van der Waals surface area contributed by atoms with Gasteiger partial charge in [0.05, 0.1) is 6.04 Å². The fraction of sp³-hybridized carbons (Fsp3) is 0.412. The summed E-state index contributed by atoms with van der Waals surface area (Å²) in [5.74, 6) is 0. The molecule has 0 saturated heterocycles. The van der Waals surface area contributed by atoms with E-state index in [0.717, 1.165) is 17.4 Å². The van der Waals surface area contributed by atoms with Crippen molar-refractivity contribution in [2.24, 2.45) is 0 Å². The van der Waals surface area contributed by atoms with Gasteiger partial charge in [-0.15, -0.1) is 11.3 Å². The van der Waals surface area contributed by atoms with Crippen molar-refractivity contribution in [2.45, 2.75) is 40.2 Å². The van der Waals surface area contributed by atoms with Crippen molar-refractivity contribution < 1.29 is 0 Å². The highest BCUT2D eigenvalue weighted by Crippen LogP contribution is 2.33. The first-order valence-electron chi connectivity index (χ1n) is 7.08. The van der Waals surface area contributed by atoms with Crippen molar-refractivity contribution in [1.82, 2.24) is 5.32 Å². The predicted octanol–water partition coefficient (Wildman–Crippen LogP) is 5.52. The van der Waals surface area contributed by atoms with Crippen molar-refractivity contribution in [1.29, 1.82) is 0 Å². The van der Waals surface area contributed by atoms with Crippen LogP contribution in [0.3, 0.4) is 0 Å². The third kappa shape index (κ3) is 3.72. The van der Waals surface area contributed by atoms with Gasteiger partial charge in [0.25, 0.3) is 0 Å². The number of aryl methyl sites for hydroxylation is 3. The van der Waals surface area contributed by atoms with E-state index < -0.39 is 0 Å². The summed E-state index contributed by atoms with van der Waals surface area (Å²) in [5.41, 5.74) is 4.03. The lowest BCUT2D eigenvalue weighted by Crippen LogP contribution is -2.23. The first-order chi connectivity index (χ1) is 9.51. The zero-order chi connectivity index (χ0) is 14.7. The Morgan fingerprint density at radius 3 is 2.45 bits per heavy atom. The molecule has 108 valence electrons. The molecule has 1 heterocycles. The number of rotatable bonds is 5. The number of nitrogens with one attached hydrogen (secondary N) is 1. The van der Waals surface area contributed by atoms with Crippen molar-refractivity contribution in [3.63, 3.8) is 0 Å². The molecule has 20 heavy (non-hydrogen) atoms. The smallest absolute Gasteiger partial charge is 0.0674 e. The van der Waals surface area contributed by atoms with E-state index in [2.05, 4.69) is 73.2 Å². The molecule has 0 aliphatic carbocycles. The molecule has 0 radical (unpaired) electrons. The van der Waals surface area contributed by atoms with Crippen molar-refractivity contribution >= 4 is 27.3 Å². The Hall–Kier alpha value is -0.640. The minimum absolute atomic E-state index is 0.296. The summed E-state index contributed by atoms with van der Waals surface area (Å²) < 4.78 is 1.15. The third-order valence-corrected chi connectivity index (χ3v) is 5.01. The van der Waals surface area contributed by atoms with E-state index in [-0.39, 0.29) is 0 Å². The molecule has 0 saturated carbocycles.